The second kappa shape index (κ2) is 4.13. The first kappa shape index (κ1) is 11.3. The summed E-state index contributed by atoms with van der Waals surface area (Å²) in [5, 5.41) is 5.95. The fourth-order valence-corrected chi connectivity index (χ4v) is 1.87. The minimum atomic E-state index is -0.440. The minimum Gasteiger partial charge on any atom is -0.497 e. The average Bonchev–Trinajstić information content (AvgIpc) is 2.82. The molecule has 2 aromatic heterocycles. The SMILES string of the molecule is COc1cccc(-n2ccn3c(=O)[nH]nc3c2=O)c1. The van der Waals surface area contributed by atoms with Crippen molar-refractivity contribution in [1.29, 1.82) is 0 Å². The fraction of sp³-hybridized carbons (Fsp3) is 0.0833. The number of ether oxygens (including phenoxy) is 1. The van der Waals surface area contributed by atoms with Gasteiger partial charge in [0.2, 0.25) is 5.65 Å². The van der Waals surface area contributed by atoms with E-state index in [1.807, 2.05) is 0 Å². The zero-order valence-electron chi connectivity index (χ0n) is 10.0. The molecule has 1 aromatic carbocycles. The second-order valence-electron chi connectivity index (χ2n) is 3.90. The van der Waals surface area contributed by atoms with Gasteiger partial charge in [-0.1, -0.05) is 6.07 Å². The van der Waals surface area contributed by atoms with Crippen LogP contribution in [0.1, 0.15) is 0 Å². The Morgan fingerprint density at radius 3 is 2.89 bits per heavy atom. The number of aromatic amines is 1. The van der Waals surface area contributed by atoms with E-state index in [1.165, 1.54) is 21.4 Å². The lowest BCUT2D eigenvalue weighted by Crippen LogP contribution is -2.22. The topological polar surface area (TPSA) is 81.4 Å². The molecule has 2 heterocycles. The fourth-order valence-electron chi connectivity index (χ4n) is 1.87. The third kappa shape index (κ3) is 1.71. The van der Waals surface area contributed by atoms with Crippen LogP contribution in [-0.4, -0.2) is 26.3 Å². The van der Waals surface area contributed by atoms with Crippen LogP contribution in [0.3, 0.4) is 0 Å². The van der Waals surface area contributed by atoms with Gasteiger partial charge in [-0.25, -0.2) is 14.3 Å². The Bertz CT molecular complexity index is 859. The number of aromatic nitrogens is 4. The maximum Gasteiger partial charge on any atom is 0.347 e. The van der Waals surface area contributed by atoms with Crippen molar-refractivity contribution < 1.29 is 4.74 Å². The summed E-state index contributed by atoms with van der Waals surface area (Å²) in [7, 11) is 1.55. The Hall–Kier alpha value is -2.83. The number of nitrogens with zero attached hydrogens (tertiary/aromatic N) is 3. The summed E-state index contributed by atoms with van der Waals surface area (Å²) < 4.78 is 7.68. The van der Waals surface area contributed by atoms with Crippen LogP contribution in [0.15, 0.2) is 46.2 Å². The monoisotopic (exact) mass is 258 g/mol. The molecule has 7 heteroatoms. The van der Waals surface area contributed by atoms with E-state index < -0.39 is 5.69 Å². The molecule has 0 unspecified atom stereocenters. The summed E-state index contributed by atoms with van der Waals surface area (Å²) in [5.74, 6) is 0.642. The minimum absolute atomic E-state index is 0.0512. The van der Waals surface area contributed by atoms with Crippen molar-refractivity contribution in [1.82, 2.24) is 19.2 Å². The molecule has 19 heavy (non-hydrogen) atoms. The second-order valence-corrected chi connectivity index (χ2v) is 3.90. The van der Waals surface area contributed by atoms with E-state index >= 15 is 0 Å². The van der Waals surface area contributed by atoms with Gasteiger partial charge in [0.05, 0.1) is 12.8 Å². The molecule has 0 radical (unpaired) electrons. The van der Waals surface area contributed by atoms with Crippen LogP contribution in [0.4, 0.5) is 0 Å². The van der Waals surface area contributed by atoms with Crippen LogP contribution in [0.25, 0.3) is 11.3 Å². The smallest absolute Gasteiger partial charge is 0.347 e. The Labute approximate surface area is 106 Å². The average molecular weight is 258 g/mol. The maximum atomic E-state index is 12.2. The first-order valence-corrected chi connectivity index (χ1v) is 5.53. The van der Waals surface area contributed by atoms with Crippen molar-refractivity contribution >= 4 is 5.65 Å². The van der Waals surface area contributed by atoms with Crippen molar-refractivity contribution in [3.8, 4) is 11.4 Å². The van der Waals surface area contributed by atoms with E-state index in [0.29, 0.717) is 11.4 Å². The number of rotatable bonds is 2. The zero-order chi connectivity index (χ0) is 13.4. The zero-order valence-corrected chi connectivity index (χ0v) is 10.0. The highest BCUT2D eigenvalue weighted by Gasteiger charge is 2.08. The van der Waals surface area contributed by atoms with E-state index in [-0.39, 0.29) is 11.2 Å². The summed E-state index contributed by atoms with van der Waals surface area (Å²) >= 11 is 0. The first-order chi connectivity index (χ1) is 9.20. The van der Waals surface area contributed by atoms with E-state index in [2.05, 4.69) is 10.2 Å². The van der Waals surface area contributed by atoms with Crippen LogP contribution in [0.5, 0.6) is 5.75 Å². The molecule has 3 rings (SSSR count). The number of hydrogen-bond donors (Lipinski definition) is 1. The lowest BCUT2D eigenvalue weighted by Gasteiger charge is -2.07. The van der Waals surface area contributed by atoms with E-state index in [1.54, 1.807) is 31.4 Å². The molecule has 0 bridgehead atoms. The molecule has 0 saturated heterocycles. The molecule has 0 atom stereocenters. The quantitative estimate of drug-likeness (QED) is 0.711. The molecule has 7 nitrogen and oxygen atoms in total. The number of nitrogens with one attached hydrogen (secondary N) is 1. The summed E-state index contributed by atoms with van der Waals surface area (Å²) in [6.45, 7) is 0. The lowest BCUT2D eigenvalue weighted by molar-refractivity contribution is 0.414. The summed E-state index contributed by atoms with van der Waals surface area (Å²) in [6, 6.07) is 7.06. The van der Waals surface area contributed by atoms with E-state index in [4.69, 9.17) is 4.74 Å². The van der Waals surface area contributed by atoms with Gasteiger partial charge in [0.1, 0.15) is 5.75 Å². The van der Waals surface area contributed by atoms with Gasteiger partial charge >= 0.3 is 11.2 Å². The third-order valence-electron chi connectivity index (χ3n) is 2.81. The van der Waals surface area contributed by atoms with Crippen LogP contribution >= 0.6 is 0 Å². The molecule has 1 N–H and O–H groups in total. The third-order valence-corrected chi connectivity index (χ3v) is 2.81. The molecule has 0 aliphatic carbocycles. The molecular weight excluding hydrogens is 248 g/mol. The predicted octanol–water partition coefficient (Wildman–Crippen LogP) is 0.182. The van der Waals surface area contributed by atoms with Crippen molar-refractivity contribution in [2.45, 2.75) is 0 Å². The van der Waals surface area contributed by atoms with Crippen molar-refractivity contribution in [3.63, 3.8) is 0 Å². The highest BCUT2D eigenvalue weighted by atomic mass is 16.5. The van der Waals surface area contributed by atoms with Crippen molar-refractivity contribution in [2.24, 2.45) is 0 Å². The largest absolute Gasteiger partial charge is 0.497 e. The summed E-state index contributed by atoms with van der Waals surface area (Å²) in [4.78, 5) is 23.6. The van der Waals surface area contributed by atoms with Gasteiger partial charge in [-0.2, -0.15) is 0 Å². The molecule has 3 aromatic rings. The van der Waals surface area contributed by atoms with Gasteiger partial charge in [-0.05, 0) is 12.1 Å². The molecule has 0 fully saturated rings. The van der Waals surface area contributed by atoms with E-state index in [0.717, 1.165) is 0 Å². The maximum absolute atomic E-state index is 12.2. The van der Waals surface area contributed by atoms with Gasteiger partial charge in [0.15, 0.2) is 0 Å². The number of methoxy groups -OCH3 is 1. The molecule has 0 aliphatic heterocycles. The Morgan fingerprint density at radius 1 is 1.26 bits per heavy atom. The van der Waals surface area contributed by atoms with Gasteiger partial charge in [-0.15, -0.1) is 5.10 Å². The van der Waals surface area contributed by atoms with Crippen molar-refractivity contribution in [2.75, 3.05) is 7.11 Å². The van der Waals surface area contributed by atoms with Crippen LogP contribution < -0.4 is 16.0 Å². The first-order valence-electron chi connectivity index (χ1n) is 5.53. The highest BCUT2D eigenvalue weighted by molar-refractivity contribution is 5.43. The molecule has 0 saturated carbocycles. The standard InChI is InChI=1S/C12H10N4O3/c1-19-9-4-2-3-8(7-9)15-5-6-16-10(11(15)17)13-14-12(16)18/h2-7H,1H3,(H,14,18). The normalized spacial score (nSPS) is 10.8. The summed E-state index contributed by atoms with van der Waals surface area (Å²) in [5.41, 5.74) is -0.128. The number of benzene rings is 1. The number of hydrogen-bond acceptors (Lipinski definition) is 4. The Kier molecular flexibility index (Phi) is 2.45. The predicted molar refractivity (Wildman–Crippen MR) is 68.0 cm³/mol. The van der Waals surface area contributed by atoms with Gasteiger partial charge in [0, 0.05) is 18.5 Å². The molecule has 96 valence electrons. The molecule has 0 aliphatic rings. The molecule has 0 amide bonds. The van der Waals surface area contributed by atoms with Gasteiger partial charge in [0.25, 0.3) is 0 Å². The van der Waals surface area contributed by atoms with Crippen LogP contribution in [0.2, 0.25) is 0 Å². The van der Waals surface area contributed by atoms with Crippen molar-refractivity contribution in [3.05, 3.63) is 57.5 Å². The number of fused-ring (bicyclic) bond motifs is 1. The number of H-pyrrole nitrogens is 1. The van der Waals surface area contributed by atoms with Crippen LogP contribution in [-0.2, 0) is 0 Å². The van der Waals surface area contributed by atoms with E-state index in [9.17, 15) is 9.59 Å². The van der Waals surface area contributed by atoms with Gasteiger partial charge in [-0.3, -0.25) is 9.36 Å². The Balaban J connectivity index is 2.28. The van der Waals surface area contributed by atoms with Crippen LogP contribution in [0, 0.1) is 0 Å². The van der Waals surface area contributed by atoms with Gasteiger partial charge < -0.3 is 4.74 Å². The molecule has 0 spiro atoms. The lowest BCUT2D eigenvalue weighted by atomic mass is 10.3. The Morgan fingerprint density at radius 2 is 2.11 bits per heavy atom. The molecular formula is C12H10N4O3. The summed E-state index contributed by atoms with van der Waals surface area (Å²) in [6.07, 6.45) is 3.00. The highest BCUT2D eigenvalue weighted by Crippen LogP contribution is 2.14.